The summed E-state index contributed by atoms with van der Waals surface area (Å²) in [6.45, 7) is 2.58. The zero-order valence-corrected chi connectivity index (χ0v) is 9.78. The number of methoxy groups -OCH3 is 2. The first-order valence-electron chi connectivity index (χ1n) is 5.10. The van der Waals surface area contributed by atoms with Crippen LogP contribution in [0, 0.1) is 0 Å². The summed E-state index contributed by atoms with van der Waals surface area (Å²) >= 11 is 0. The number of rotatable bonds is 6. The molecule has 0 heterocycles. The fourth-order valence-corrected chi connectivity index (χ4v) is 1.34. The Balaban J connectivity index is 3.14. The molecule has 0 aliphatic rings. The summed E-state index contributed by atoms with van der Waals surface area (Å²) < 4.78 is 15.8. The molecule has 0 saturated carbocycles. The minimum absolute atomic E-state index is 0.498. The fourth-order valence-electron chi connectivity index (χ4n) is 1.34. The molecule has 0 aromatic heterocycles. The van der Waals surface area contributed by atoms with Crippen molar-refractivity contribution in [1.29, 1.82) is 0 Å². The number of hydrogen-bond donors (Lipinski definition) is 0. The molecular formula is C12H16O4. The number of hydrogen-bond acceptors (Lipinski definition) is 4. The van der Waals surface area contributed by atoms with Crippen molar-refractivity contribution in [3.63, 3.8) is 0 Å². The highest BCUT2D eigenvalue weighted by atomic mass is 16.5. The number of benzene rings is 1. The maximum absolute atomic E-state index is 10.7. The average Bonchev–Trinajstić information content (AvgIpc) is 2.34. The second-order valence-electron chi connectivity index (χ2n) is 3.22. The van der Waals surface area contributed by atoms with E-state index in [2.05, 4.69) is 0 Å². The first kappa shape index (κ1) is 12.4. The Kier molecular flexibility index (Phi) is 4.64. The first-order valence-corrected chi connectivity index (χ1v) is 5.10. The molecule has 0 aliphatic carbocycles. The summed E-state index contributed by atoms with van der Waals surface area (Å²) in [7, 11) is 3.06. The standard InChI is InChI=1S/C12H16O4/c1-4-5-16-11-7-9(8-13)6-10(14-2)12(11)15-3/h6-8H,4-5H2,1-3H3. The summed E-state index contributed by atoms with van der Waals surface area (Å²) in [6.07, 6.45) is 1.64. The normalized spacial score (nSPS) is 9.69. The van der Waals surface area contributed by atoms with Crippen LogP contribution in [0.25, 0.3) is 0 Å². The Labute approximate surface area is 95.1 Å². The number of ether oxygens (including phenoxy) is 3. The highest BCUT2D eigenvalue weighted by Crippen LogP contribution is 2.38. The molecule has 1 rings (SSSR count). The van der Waals surface area contributed by atoms with Gasteiger partial charge in [0.1, 0.15) is 6.29 Å². The largest absolute Gasteiger partial charge is 0.493 e. The van der Waals surface area contributed by atoms with Gasteiger partial charge in [-0.25, -0.2) is 0 Å². The molecule has 4 heteroatoms. The molecule has 0 amide bonds. The predicted molar refractivity (Wildman–Crippen MR) is 60.7 cm³/mol. The monoisotopic (exact) mass is 224 g/mol. The van der Waals surface area contributed by atoms with Gasteiger partial charge in [-0.3, -0.25) is 4.79 Å². The highest BCUT2D eigenvalue weighted by molar-refractivity contribution is 5.78. The Morgan fingerprint density at radius 3 is 2.38 bits per heavy atom. The van der Waals surface area contributed by atoms with Gasteiger partial charge in [-0.15, -0.1) is 0 Å². The third-order valence-corrected chi connectivity index (χ3v) is 2.06. The van der Waals surface area contributed by atoms with E-state index >= 15 is 0 Å². The number of carbonyl (C=O) groups is 1. The van der Waals surface area contributed by atoms with Gasteiger partial charge < -0.3 is 14.2 Å². The van der Waals surface area contributed by atoms with E-state index in [1.54, 1.807) is 12.1 Å². The SMILES string of the molecule is CCCOc1cc(C=O)cc(OC)c1OC. The van der Waals surface area contributed by atoms with Gasteiger partial charge in [0.05, 0.1) is 20.8 Å². The lowest BCUT2D eigenvalue weighted by molar-refractivity contribution is 0.112. The summed E-state index contributed by atoms with van der Waals surface area (Å²) in [5, 5.41) is 0. The molecule has 0 spiro atoms. The maximum atomic E-state index is 10.7. The van der Waals surface area contributed by atoms with Crippen molar-refractivity contribution in [2.45, 2.75) is 13.3 Å². The summed E-state index contributed by atoms with van der Waals surface area (Å²) in [4.78, 5) is 10.7. The van der Waals surface area contributed by atoms with Crippen LogP contribution in [0.15, 0.2) is 12.1 Å². The summed E-state index contributed by atoms with van der Waals surface area (Å²) in [6, 6.07) is 3.26. The Bertz CT molecular complexity index is 360. The molecule has 0 radical (unpaired) electrons. The van der Waals surface area contributed by atoms with E-state index in [-0.39, 0.29) is 0 Å². The van der Waals surface area contributed by atoms with Crippen molar-refractivity contribution in [2.24, 2.45) is 0 Å². The highest BCUT2D eigenvalue weighted by Gasteiger charge is 2.13. The molecular weight excluding hydrogens is 208 g/mol. The van der Waals surface area contributed by atoms with Gasteiger partial charge in [0.15, 0.2) is 11.5 Å². The van der Waals surface area contributed by atoms with Gasteiger partial charge in [0.25, 0.3) is 0 Å². The van der Waals surface area contributed by atoms with E-state index in [1.807, 2.05) is 6.92 Å². The summed E-state index contributed by atoms with van der Waals surface area (Å²) in [5.41, 5.74) is 0.503. The second-order valence-corrected chi connectivity index (χ2v) is 3.22. The smallest absolute Gasteiger partial charge is 0.203 e. The minimum atomic E-state index is 0.498. The van der Waals surface area contributed by atoms with Crippen LogP contribution in [0.2, 0.25) is 0 Å². The molecule has 0 unspecified atom stereocenters. The van der Waals surface area contributed by atoms with Crippen LogP contribution in [-0.4, -0.2) is 27.1 Å². The van der Waals surface area contributed by atoms with Crippen molar-refractivity contribution in [3.05, 3.63) is 17.7 Å². The fraction of sp³-hybridized carbons (Fsp3) is 0.417. The molecule has 0 N–H and O–H groups in total. The molecule has 16 heavy (non-hydrogen) atoms. The third-order valence-electron chi connectivity index (χ3n) is 2.06. The molecule has 88 valence electrons. The Morgan fingerprint density at radius 1 is 1.19 bits per heavy atom. The van der Waals surface area contributed by atoms with Crippen LogP contribution in [0.5, 0.6) is 17.2 Å². The zero-order chi connectivity index (χ0) is 12.0. The van der Waals surface area contributed by atoms with E-state index in [9.17, 15) is 4.79 Å². The second kappa shape index (κ2) is 6.00. The predicted octanol–water partition coefficient (Wildman–Crippen LogP) is 2.31. The molecule has 4 nitrogen and oxygen atoms in total. The first-order chi connectivity index (χ1) is 7.76. The lowest BCUT2D eigenvalue weighted by Gasteiger charge is -2.13. The van der Waals surface area contributed by atoms with E-state index < -0.39 is 0 Å². The van der Waals surface area contributed by atoms with Gasteiger partial charge in [0, 0.05) is 5.56 Å². The Morgan fingerprint density at radius 2 is 1.88 bits per heavy atom. The van der Waals surface area contributed by atoms with Crippen molar-refractivity contribution in [1.82, 2.24) is 0 Å². The quantitative estimate of drug-likeness (QED) is 0.695. The van der Waals surface area contributed by atoms with Crippen LogP contribution < -0.4 is 14.2 Å². The van der Waals surface area contributed by atoms with Gasteiger partial charge >= 0.3 is 0 Å². The van der Waals surface area contributed by atoms with Crippen LogP contribution in [0.1, 0.15) is 23.7 Å². The van der Waals surface area contributed by atoms with Gasteiger partial charge in [-0.2, -0.15) is 0 Å². The van der Waals surface area contributed by atoms with Gasteiger partial charge in [-0.05, 0) is 18.6 Å². The number of carbonyl (C=O) groups excluding carboxylic acids is 1. The molecule has 0 bridgehead atoms. The van der Waals surface area contributed by atoms with E-state index in [0.717, 1.165) is 12.7 Å². The zero-order valence-electron chi connectivity index (χ0n) is 9.78. The van der Waals surface area contributed by atoms with E-state index in [4.69, 9.17) is 14.2 Å². The van der Waals surface area contributed by atoms with Crippen LogP contribution in [0.3, 0.4) is 0 Å². The Hall–Kier alpha value is -1.71. The molecule has 1 aromatic rings. The lowest BCUT2D eigenvalue weighted by Crippen LogP contribution is -2.00. The molecule has 0 atom stereocenters. The van der Waals surface area contributed by atoms with Crippen LogP contribution >= 0.6 is 0 Å². The van der Waals surface area contributed by atoms with Gasteiger partial charge in [0.2, 0.25) is 5.75 Å². The van der Waals surface area contributed by atoms with Crippen LogP contribution in [0.4, 0.5) is 0 Å². The molecule has 0 fully saturated rings. The molecule has 0 aliphatic heterocycles. The summed E-state index contributed by atoms with van der Waals surface area (Å²) in [5.74, 6) is 1.55. The van der Waals surface area contributed by atoms with Crippen molar-refractivity contribution in [3.8, 4) is 17.2 Å². The lowest BCUT2D eigenvalue weighted by atomic mass is 10.2. The van der Waals surface area contributed by atoms with Crippen LogP contribution in [-0.2, 0) is 0 Å². The van der Waals surface area contributed by atoms with Gasteiger partial charge in [-0.1, -0.05) is 6.92 Å². The van der Waals surface area contributed by atoms with Crippen molar-refractivity contribution < 1.29 is 19.0 Å². The maximum Gasteiger partial charge on any atom is 0.203 e. The topological polar surface area (TPSA) is 44.8 Å². The average molecular weight is 224 g/mol. The molecule has 1 aromatic carbocycles. The van der Waals surface area contributed by atoms with E-state index in [0.29, 0.717) is 29.4 Å². The van der Waals surface area contributed by atoms with E-state index in [1.165, 1.54) is 14.2 Å². The van der Waals surface area contributed by atoms with Crippen molar-refractivity contribution in [2.75, 3.05) is 20.8 Å². The van der Waals surface area contributed by atoms with Crippen molar-refractivity contribution >= 4 is 6.29 Å². The molecule has 0 saturated heterocycles. The third kappa shape index (κ3) is 2.66. The number of aldehydes is 1. The minimum Gasteiger partial charge on any atom is -0.493 e.